The first kappa shape index (κ1) is 46.9. The molecule has 0 amide bonds. The summed E-state index contributed by atoms with van der Waals surface area (Å²) in [6.45, 7) is 4.23. The second-order valence-electron chi connectivity index (χ2n) is 15.8. The first-order valence-electron chi connectivity index (χ1n) is 21.3. The highest BCUT2D eigenvalue weighted by Gasteiger charge is 2.40. The normalized spacial score (nSPS) is 19.7. The van der Waals surface area contributed by atoms with Crippen molar-refractivity contribution in [2.24, 2.45) is 35.5 Å². The van der Waals surface area contributed by atoms with Crippen LogP contribution in [0.25, 0.3) is 0 Å². The van der Waals surface area contributed by atoms with Gasteiger partial charge in [-0.2, -0.15) is 0 Å². The minimum Gasteiger partial charge on any atom is -0.481 e. The van der Waals surface area contributed by atoms with Gasteiger partial charge in [0.15, 0.2) is 0 Å². The lowest BCUT2D eigenvalue weighted by molar-refractivity contribution is -0.155. The van der Waals surface area contributed by atoms with Crippen molar-refractivity contribution in [3.8, 4) is 0 Å². The zero-order chi connectivity index (χ0) is 39.6. The lowest BCUT2D eigenvalue weighted by Gasteiger charge is -2.31. The molecule has 6 atom stereocenters. The van der Waals surface area contributed by atoms with Gasteiger partial charge in [-0.3, -0.25) is 28.8 Å². The average Bonchev–Trinajstić information content (AvgIpc) is 3.65. The molecule has 0 aromatic rings. The molecule has 6 unspecified atom stereocenters. The van der Waals surface area contributed by atoms with Gasteiger partial charge in [0, 0.05) is 12.8 Å². The van der Waals surface area contributed by atoms with E-state index in [2.05, 4.69) is 38.2 Å². The number of carbonyl (C=O) groups is 6. The fourth-order valence-corrected chi connectivity index (χ4v) is 8.20. The molecule has 10 nitrogen and oxygen atoms in total. The van der Waals surface area contributed by atoms with Crippen LogP contribution in [0.5, 0.6) is 0 Å². The number of allylic oxidation sites excluding steroid dienone is 4. The fraction of sp³-hybridized carbons (Fsp3) is 0.773. The Labute approximate surface area is 324 Å². The summed E-state index contributed by atoms with van der Waals surface area (Å²) in [4.78, 5) is 71.6. The lowest BCUT2D eigenvalue weighted by atomic mass is 9.74. The van der Waals surface area contributed by atoms with Crippen molar-refractivity contribution >= 4 is 35.8 Å². The second-order valence-corrected chi connectivity index (χ2v) is 15.8. The van der Waals surface area contributed by atoms with Gasteiger partial charge in [-0.05, 0) is 75.0 Å². The molecule has 0 saturated carbocycles. The Morgan fingerprint density at radius 3 is 1.22 bits per heavy atom. The van der Waals surface area contributed by atoms with Crippen LogP contribution in [-0.2, 0) is 38.2 Å². The van der Waals surface area contributed by atoms with E-state index >= 15 is 0 Å². The number of carbonyl (C=O) groups excluding carboxylic acids is 4. The topological polar surface area (TPSA) is 161 Å². The molecule has 2 rings (SSSR count). The van der Waals surface area contributed by atoms with Gasteiger partial charge in [-0.15, -0.1) is 0 Å². The summed E-state index contributed by atoms with van der Waals surface area (Å²) in [6.07, 6.45) is 29.9. The molecule has 306 valence electrons. The Kier molecular flexibility index (Phi) is 24.4. The van der Waals surface area contributed by atoms with E-state index in [1.807, 2.05) is 0 Å². The Bertz CT molecular complexity index is 1110. The van der Waals surface area contributed by atoms with Crippen molar-refractivity contribution in [1.82, 2.24) is 0 Å². The van der Waals surface area contributed by atoms with Crippen LogP contribution in [0.3, 0.4) is 0 Å². The highest BCUT2D eigenvalue weighted by atomic mass is 16.6. The molecule has 0 spiro atoms. The summed E-state index contributed by atoms with van der Waals surface area (Å²) >= 11 is 0. The van der Waals surface area contributed by atoms with Crippen LogP contribution in [-0.4, -0.2) is 46.0 Å². The van der Waals surface area contributed by atoms with Crippen LogP contribution >= 0.6 is 0 Å². The van der Waals surface area contributed by atoms with E-state index in [0.29, 0.717) is 24.7 Å². The lowest BCUT2D eigenvalue weighted by Crippen LogP contribution is -2.23. The van der Waals surface area contributed by atoms with Crippen LogP contribution in [0.15, 0.2) is 24.3 Å². The summed E-state index contributed by atoms with van der Waals surface area (Å²) in [5.74, 6) is -3.62. The molecule has 0 radical (unpaired) electrons. The molecular formula is C44H70O10. The number of ether oxygens (including phenoxy) is 2. The molecule has 0 aliphatic carbocycles. The minimum atomic E-state index is -0.750. The van der Waals surface area contributed by atoms with E-state index < -0.39 is 47.7 Å². The molecule has 2 heterocycles. The van der Waals surface area contributed by atoms with Crippen LogP contribution in [0.4, 0.5) is 0 Å². The Balaban J connectivity index is 2.26. The quantitative estimate of drug-likeness (QED) is 0.0285. The van der Waals surface area contributed by atoms with Crippen molar-refractivity contribution in [3.63, 3.8) is 0 Å². The van der Waals surface area contributed by atoms with Crippen LogP contribution < -0.4 is 0 Å². The molecule has 0 aromatic heterocycles. The van der Waals surface area contributed by atoms with Crippen molar-refractivity contribution in [3.05, 3.63) is 24.3 Å². The zero-order valence-corrected chi connectivity index (χ0v) is 33.3. The molecule has 0 bridgehead atoms. The molecule has 2 N–H and O–H groups in total. The third-order valence-electron chi connectivity index (χ3n) is 11.4. The smallest absolute Gasteiger partial charge is 0.317 e. The van der Waals surface area contributed by atoms with E-state index in [4.69, 9.17) is 19.7 Å². The number of carboxylic acids is 2. The fourth-order valence-electron chi connectivity index (χ4n) is 8.20. The maximum atomic E-state index is 12.7. The molecule has 2 saturated heterocycles. The predicted molar refractivity (Wildman–Crippen MR) is 208 cm³/mol. The number of cyclic esters (lactones) is 4. The van der Waals surface area contributed by atoms with E-state index in [1.54, 1.807) is 0 Å². The van der Waals surface area contributed by atoms with Crippen molar-refractivity contribution in [2.75, 3.05) is 0 Å². The minimum absolute atomic E-state index is 0.0808. The molecule has 54 heavy (non-hydrogen) atoms. The van der Waals surface area contributed by atoms with Gasteiger partial charge in [0.2, 0.25) is 0 Å². The molecule has 0 aromatic carbocycles. The third kappa shape index (κ3) is 19.9. The predicted octanol–water partition coefficient (Wildman–Crippen LogP) is 10.3. The molecule has 2 fully saturated rings. The Morgan fingerprint density at radius 2 is 0.907 bits per heavy atom. The monoisotopic (exact) mass is 758 g/mol. The van der Waals surface area contributed by atoms with Gasteiger partial charge < -0.3 is 19.7 Å². The maximum Gasteiger partial charge on any atom is 0.317 e. The Hall–Kier alpha value is -3.30. The van der Waals surface area contributed by atoms with Crippen LogP contribution in [0, 0.1) is 35.5 Å². The van der Waals surface area contributed by atoms with E-state index in [1.165, 1.54) is 0 Å². The SMILES string of the molecule is CCC/C=C/C(CCC(CCCCCCCCC(=O)O)C(CCCCCCCCC(=O)O)CCC(/C=C/CCC)C1CC(=O)OC1=O)C1CC(=O)OC1=O. The molecule has 2 aliphatic rings. The van der Waals surface area contributed by atoms with Crippen molar-refractivity contribution in [1.29, 1.82) is 0 Å². The summed E-state index contributed by atoms with van der Waals surface area (Å²) < 4.78 is 9.98. The second kappa shape index (κ2) is 28.2. The summed E-state index contributed by atoms with van der Waals surface area (Å²) in [6, 6.07) is 0. The first-order chi connectivity index (χ1) is 26.0. The number of aliphatic carboxylic acids is 2. The van der Waals surface area contributed by atoms with E-state index in [-0.39, 0.29) is 37.5 Å². The molecular weight excluding hydrogens is 688 g/mol. The molecule has 2 aliphatic heterocycles. The van der Waals surface area contributed by atoms with Gasteiger partial charge in [0.1, 0.15) is 0 Å². The number of carboxylic acid groups (broad SMARTS) is 2. The summed E-state index contributed by atoms with van der Waals surface area (Å²) in [5, 5.41) is 17.9. The number of hydrogen-bond donors (Lipinski definition) is 2. The zero-order valence-electron chi connectivity index (χ0n) is 33.3. The summed E-state index contributed by atoms with van der Waals surface area (Å²) in [5.41, 5.74) is 0. The number of esters is 4. The van der Waals surface area contributed by atoms with Crippen molar-refractivity contribution < 1.29 is 48.5 Å². The summed E-state index contributed by atoms with van der Waals surface area (Å²) in [7, 11) is 0. The van der Waals surface area contributed by atoms with Gasteiger partial charge in [-0.25, -0.2) is 0 Å². The number of unbranched alkanes of at least 4 members (excludes halogenated alkanes) is 12. The van der Waals surface area contributed by atoms with E-state index in [0.717, 1.165) is 128 Å². The van der Waals surface area contributed by atoms with Crippen molar-refractivity contribution in [2.45, 2.75) is 181 Å². The van der Waals surface area contributed by atoms with Gasteiger partial charge >= 0.3 is 35.8 Å². The maximum absolute atomic E-state index is 12.7. The standard InChI is InChI=1S/C44H70O10/c1-3-5-15-23-35(37-31-41(49)53-43(37)51)29-27-33(21-17-11-7-9-13-19-25-39(45)46)34(22-18-12-8-10-14-20-26-40(47)48)28-30-36(24-16-6-4-2)38-32-42(50)54-44(38)52/h15-16,23-24,33-38H,3-14,17-22,25-32H2,1-2H3,(H,45,46)(H,47,48)/b23-15+,24-16+. The van der Waals surface area contributed by atoms with Gasteiger partial charge in [0.05, 0.1) is 24.7 Å². The largest absolute Gasteiger partial charge is 0.481 e. The Morgan fingerprint density at radius 1 is 0.556 bits per heavy atom. The van der Waals surface area contributed by atoms with E-state index in [9.17, 15) is 28.8 Å². The van der Waals surface area contributed by atoms with Gasteiger partial charge in [-0.1, -0.05) is 128 Å². The van der Waals surface area contributed by atoms with Crippen LogP contribution in [0.2, 0.25) is 0 Å². The van der Waals surface area contributed by atoms with Gasteiger partial charge in [0.25, 0.3) is 0 Å². The first-order valence-corrected chi connectivity index (χ1v) is 21.3. The van der Waals surface area contributed by atoms with Crippen LogP contribution in [0.1, 0.15) is 181 Å². The molecule has 10 heteroatoms. The number of rotatable bonds is 33. The average molecular weight is 759 g/mol. The third-order valence-corrected chi connectivity index (χ3v) is 11.4. The highest BCUT2D eigenvalue weighted by Crippen LogP contribution is 2.39. The highest BCUT2D eigenvalue weighted by molar-refractivity contribution is 5.95. The number of hydrogen-bond acceptors (Lipinski definition) is 8.